The van der Waals surface area contributed by atoms with Crippen molar-refractivity contribution in [1.29, 1.82) is 0 Å². The molecule has 2 rings (SSSR count). The van der Waals surface area contributed by atoms with Crippen molar-refractivity contribution in [1.82, 2.24) is 10.3 Å². The molecule has 5 heteroatoms. The van der Waals surface area contributed by atoms with Gasteiger partial charge in [-0.15, -0.1) is 11.3 Å². The third-order valence-electron chi connectivity index (χ3n) is 2.89. The molecule has 1 heterocycles. The van der Waals surface area contributed by atoms with E-state index in [2.05, 4.69) is 10.3 Å². The molecule has 0 saturated heterocycles. The van der Waals surface area contributed by atoms with Crippen LogP contribution in [0.25, 0.3) is 0 Å². The fourth-order valence-electron chi connectivity index (χ4n) is 1.89. The van der Waals surface area contributed by atoms with Crippen LogP contribution in [0, 0.1) is 20.8 Å². The molecule has 1 aromatic heterocycles. The molecule has 0 unspecified atom stereocenters. The minimum atomic E-state index is -0.126. The van der Waals surface area contributed by atoms with E-state index in [1.807, 2.05) is 39.0 Å². The number of thiazole rings is 1. The highest BCUT2D eigenvalue weighted by Gasteiger charge is 2.07. The first kappa shape index (κ1) is 14.5. The predicted octanol–water partition coefficient (Wildman–Crippen LogP) is 2.76. The summed E-state index contributed by atoms with van der Waals surface area (Å²) in [6.07, 6.45) is 1.78. The number of carbonyl (C=O) groups is 1. The molecule has 1 N–H and O–H groups in total. The molecule has 1 amide bonds. The molecule has 20 heavy (non-hydrogen) atoms. The van der Waals surface area contributed by atoms with E-state index in [9.17, 15) is 4.79 Å². The number of amides is 1. The van der Waals surface area contributed by atoms with Gasteiger partial charge in [0.25, 0.3) is 5.91 Å². The van der Waals surface area contributed by atoms with Gasteiger partial charge >= 0.3 is 0 Å². The molecule has 2 aromatic rings. The van der Waals surface area contributed by atoms with Gasteiger partial charge in [0.15, 0.2) is 6.61 Å². The second-order valence-corrected chi connectivity index (χ2v) is 5.95. The van der Waals surface area contributed by atoms with E-state index in [1.165, 1.54) is 0 Å². The van der Waals surface area contributed by atoms with Crippen molar-refractivity contribution in [2.45, 2.75) is 27.3 Å². The number of para-hydroxylation sites is 1. The molecule has 0 bridgehead atoms. The maximum absolute atomic E-state index is 11.8. The molecule has 0 aliphatic rings. The van der Waals surface area contributed by atoms with Crippen molar-refractivity contribution in [3.63, 3.8) is 0 Å². The Hall–Kier alpha value is -1.88. The fourth-order valence-corrected chi connectivity index (χ4v) is 2.62. The molecule has 0 fully saturated rings. The first-order chi connectivity index (χ1) is 9.56. The summed E-state index contributed by atoms with van der Waals surface area (Å²) in [5.74, 6) is 0.662. The number of hydrogen-bond acceptors (Lipinski definition) is 4. The number of aromatic nitrogens is 1. The fraction of sp³-hybridized carbons (Fsp3) is 0.333. The average molecular weight is 290 g/mol. The Bertz CT molecular complexity index is 587. The predicted molar refractivity (Wildman–Crippen MR) is 80.1 cm³/mol. The highest BCUT2D eigenvalue weighted by Crippen LogP contribution is 2.22. The standard InChI is InChI=1S/C15H18N2O2S/c1-10-5-4-6-11(2)15(10)19-9-14(18)17-8-13-7-16-12(3)20-13/h4-7H,8-9H2,1-3H3,(H,17,18). The van der Waals surface area contributed by atoms with E-state index < -0.39 is 0 Å². The topological polar surface area (TPSA) is 51.2 Å². The van der Waals surface area contributed by atoms with Crippen LogP contribution in [0.4, 0.5) is 0 Å². The zero-order valence-electron chi connectivity index (χ0n) is 11.9. The molecule has 106 valence electrons. The van der Waals surface area contributed by atoms with Crippen LogP contribution in [0.3, 0.4) is 0 Å². The summed E-state index contributed by atoms with van der Waals surface area (Å²) in [6.45, 7) is 6.42. The van der Waals surface area contributed by atoms with Crippen LogP contribution >= 0.6 is 11.3 Å². The molecule has 0 atom stereocenters. The molecule has 0 spiro atoms. The number of aryl methyl sites for hydroxylation is 3. The van der Waals surface area contributed by atoms with Crippen LogP contribution in [0.1, 0.15) is 21.0 Å². The molecular formula is C15H18N2O2S. The quantitative estimate of drug-likeness (QED) is 0.921. The smallest absolute Gasteiger partial charge is 0.258 e. The Labute approximate surface area is 122 Å². The summed E-state index contributed by atoms with van der Waals surface area (Å²) in [4.78, 5) is 17.0. The van der Waals surface area contributed by atoms with E-state index in [0.29, 0.717) is 6.54 Å². The van der Waals surface area contributed by atoms with Gasteiger partial charge in [0.05, 0.1) is 11.6 Å². The molecule has 0 radical (unpaired) electrons. The van der Waals surface area contributed by atoms with Crippen molar-refractivity contribution in [2.24, 2.45) is 0 Å². The number of benzene rings is 1. The highest BCUT2D eigenvalue weighted by molar-refractivity contribution is 7.11. The Morgan fingerprint density at radius 2 is 2.00 bits per heavy atom. The van der Waals surface area contributed by atoms with Crippen molar-refractivity contribution in [3.05, 3.63) is 45.4 Å². The largest absolute Gasteiger partial charge is 0.483 e. The lowest BCUT2D eigenvalue weighted by Gasteiger charge is -2.11. The lowest BCUT2D eigenvalue weighted by atomic mass is 10.1. The monoisotopic (exact) mass is 290 g/mol. The molecule has 1 aromatic carbocycles. The third kappa shape index (κ3) is 3.81. The molecular weight excluding hydrogens is 272 g/mol. The van der Waals surface area contributed by atoms with E-state index in [1.54, 1.807) is 17.5 Å². The summed E-state index contributed by atoms with van der Waals surface area (Å²) in [5.41, 5.74) is 2.08. The van der Waals surface area contributed by atoms with E-state index in [0.717, 1.165) is 26.8 Å². The zero-order chi connectivity index (χ0) is 14.5. The number of rotatable bonds is 5. The van der Waals surface area contributed by atoms with E-state index in [-0.39, 0.29) is 12.5 Å². The first-order valence-electron chi connectivity index (χ1n) is 6.43. The van der Waals surface area contributed by atoms with Crippen LogP contribution in [0.2, 0.25) is 0 Å². The molecule has 0 aliphatic carbocycles. The van der Waals surface area contributed by atoms with Crippen LogP contribution in [0.15, 0.2) is 24.4 Å². The molecule has 0 saturated carbocycles. The highest BCUT2D eigenvalue weighted by atomic mass is 32.1. The van der Waals surface area contributed by atoms with Crippen LogP contribution in [0.5, 0.6) is 5.75 Å². The van der Waals surface area contributed by atoms with Crippen LogP contribution in [-0.4, -0.2) is 17.5 Å². The normalized spacial score (nSPS) is 10.3. The van der Waals surface area contributed by atoms with Gasteiger partial charge in [-0.05, 0) is 31.9 Å². The zero-order valence-corrected chi connectivity index (χ0v) is 12.7. The van der Waals surface area contributed by atoms with Gasteiger partial charge in [0.2, 0.25) is 0 Å². The van der Waals surface area contributed by atoms with Gasteiger partial charge in [0.1, 0.15) is 5.75 Å². The van der Waals surface area contributed by atoms with Gasteiger partial charge in [-0.2, -0.15) is 0 Å². The second kappa shape index (κ2) is 6.52. The number of nitrogens with one attached hydrogen (secondary N) is 1. The van der Waals surface area contributed by atoms with E-state index in [4.69, 9.17) is 4.74 Å². The summed E-state index contributed by atoms with van der Waals surface area (Å²) in [7, 11) is 0. The van der Waals surface area contributed by atoms with Gasteiger partial charge in [-0.1, -0.05) is 18.2 Å². The number of ether oxygens (including phenoxy) is 1. The van der Waals surface area contributed by atoms with Crippen molar-refractivity contribution in [3.8, 4) is 5.75 Å². The summed E-state index contributed by atoms with van der Waals surface area (Å²) < 4.78 is 5.60. The van der Waals surface area contributed by atoms with Gasteiger partial charge < -0.3 is 10.1 Å². The van der Waals surface area contributed by atoms with Gasteiger partial charge in [-0.25, -0.2) is 4.98 Å². The molecule has 0 aliphatic heterocycles. The minimum Gasteiger partial charge on any atom is -0.483 e. The van der Waals surface area contributed by atoms with Crippen molar-refractivity contribution < 1.29 is 9.53 Å². The van der Waals surface area contributed by atoms with Gasteiger partial charge in [-0.3, -0.25) is 4.79 Å². The maximum Gasteiger partial charge on any atom is 0.258 e. The Kier molecular flexibility index (Phi) is 4.74. The summed E-state index contributed by atoms with van der Waals surface area (Å²) in [6, 6.07) is 5.92. The minimum absolute atomic E-state index is 0.0312. The first-order valence-corrected chi connectivity index (χ1v) is 7.25. The Balaban J connectivity index is 1.83. The van der Waals surface area contributed by atoms with Crippen molar-refractivity contribution >= 4 is 17.2 Å². The van der Waals surface area contributed by atoms with E-state index >= 15 is 0 Å². The number of carbonyl (C=O) groups excluding carboxylic acids is 1. The van der Waals surface area contributed by atoms with Crippen LogP contribution < -0.4 is 10.1 Å². The lowest BCUT2D eigenvalue weighted by molar-refractivity contribution is -0.123. The van der Waals surface area contributed by atoms with Crippen molar-refractivity contribution in [2.75, 3.05) is 6.61 Å². The third-order valence-corrected chi connectivity index (χ3v) is 3.80. The summed E-state index contributed by atoms with van der Waals surface area (Å²) >= 11 is 1.58. The maximum atomic E-state index is 11.8. The summed E-state index contributed by atoms with van der Waals surface area (Å²) in [5, 5.41) is 3.83. The molecule has 4 nitrogen and oxygen atoms in total. The Morgan fingerprint density at radius 3 is 2.60 bits per heavy atom. The average Bonchev–Trinajstić information content (AvgIpc) is 2.82. The van der Waals surface area contributed by atoms with Gasteiger partial charge in [0, 0.05) is 11.1 Å². The van der Waals surface area contributed by atoms with Crippen LogP contribution in [-0.2, 0) is 11.3 Å². The lowest BCUT2D eigenvalue weighted by Crippen LogP contribution is -2.28. The SMILES string of the molecule is Cc1ncc(CNC(=O)COc2c(C)cccc2C)s1. The Morgan fingerprint density at radius 1 is 1.30 bits per heavy atom. The number of hydrogen-bond donors (Lipinski definition) is 1. The number of nitrogens with zero attached hydrogens (tertiary/aromatic N) is 1. The second-order valence-electron chi connectivity index (χ2n) is 4.63.